The number of anilines is 2. The highest BCUT2D eigenvalue weighted by Gasteiger charge is 2.26. The minimum Gasteiger partial charge on any atom is -0.449 e. The van der Waals surface area contributed by atoms with Gasteiger partial charge in [-0.15, -0.1) is 0 Å². The molecule has 3 rings (SSSR count). The summed E-state index contributed by atoms with van der Waals surface area (Å²) in [6.07, 6.45) is 2.63. The summed E-state index contributed by atoms with van der Waals surface area (Å²) in [7, 11) is -3.61. The standard InChI is InChI=1S/C24H29N3O6S/c1-17(23(29)26-21-11-9-20(10-12-21)25-18(2)28)33-24(30)19-7-13-22(14-8-19)34(31,32)27-15-5-3-4-6-16-27/h7-14,17H,3-6,15-16H2,1-2H3,(H,25,28)(H,26,29)/t17-/m0/s1. The Morgan fingerprint density at radius 1 is 0.853 bits per heavy atom. The topological polar surface area (TPSA) is 122 Å². The van der Waals surface area contributed by atoms with Crippen molar-refractivity contribution in [3.8, 4) is 0 Å². The van der Waals surface area contributed by atoms with E-state index in [1.165, 1.54) is 42.4 Å². The second kappa shape index (κ2) is 11.3. The molecule has 1 aliphatic rings. The number of ether oxygens (including phenoxy) is 1. The van der Waals surface area contributed by atoms with Crippen molar-refractivity contribution in [3.05, 3.63) is 54.1 Å². The van der Waals surface area contributed by atoms with Crippen molar-refractivity contribution in [2.24, 2.45) is 0 Å². The number of rotatable bonds is 7. The first-order chi connectivity index (χ1) is 16.2. The van der Waals surface area contributed by atoms with Crippen LogP contribution in [0.2, 0.25) is 0 Å². The average Bonchev–Trinajstić information content (AvgIpc) is 3.10. The summed E-state index contributed by atoms with van der Waals surface area (Å²) in [6.45, 7) is 3.83. The van der Waals surface area contributed by atoms with Crippen LogP contribution in [0, 0.1) is 0 Å². The molecule has 1 aliphatic heterocycles. The number of benzene rings is 2. The molecule has 34 heavy (non-hydrogen) atoms. The fraction of sp³-hybridized carbons (Fsp3) is 0.375. The monoisotopic (exact) mass is 487 g/mol. The van der Waals surface area contributed by atoms with Crippen LogP contribution in [0.15, 0.2) is 53.4 Å². The zero-order chi connectivity index (χ0) is 24.7. The SMILES string of the molecule is CC(=O)Nc1ccc(NC(=O)[C@H](C)OC(=O)c2ccc(S(=O)(=O)N3CCCCCC3)cc2)cc1. The summed E-state index contributed by atoms with van der Waals surface area (Å²) in [4.78, 5) is 36.1. The molecule has 0 saturated carbocycles. The van der Waals surface area contributed by atoms with E-state index in [0.29, 0.717) is 24.5 Å². The number of hydrogen-bond acceptors (Lipinski definition) is 6. The molecule has 2 amide bonds. The summed E-state index contributed by atoms with van der Waals surface area (Å²) >= 11 is 0. The third-order valence-corrected chi connectivity index (χ3v) is 7.33. The van der Waals surface area contributed by atoms with Crippen LogP contribution in [0.5, 0.6) is 0 Å². The summed E-state index contributed by atoms with van der Waals surface area (Å²) in [5.74, 6) is -1.46. The minimum atomic E-state index is -3.61. The molecule has 0 aliphatic carbocycles. The normalized spacial score (nSPS) is 15.6. The largest absolute Gasteiger partial charge is 0.449 e. The highest BCUT2D eigenvalue weighted by atomic mass is 32.2. The van der Waals surface area contributed by atoms with Crippen molar-refractivity contribution in [2.75, 3.05) is 23.7 Å². The van der Waals surface area contributed by atoms with Crippen molar-refractivity contribution in [1.82, 2.24) is 4.31 Å². The maximum Gasteiger partial charge on any atom is 0.338 e. The molecule has 1 saturated heterocycles. The zero-order valence-corrected chi connectivity index (χ0v) is 20.1. The predicted molar refractivity (Wildman–Crippen MR) is 128 cm³/mol. The highest BCUT2D eigenvalue weighted by molar-refractivity contribution is 7.89. The Morgan fingerprint density at radius 3 is 1.91 bits per heavy atom. The lowest BCUT2D eigenvalue weighted by molar-refractivity contribution is -0.123. The smallest absolute Gasteiger partial charge is 0.338 e. The number of nitrogens with zero attached hydrogens (tertiary/aromatic N) is 1. The fourth-order valence-corrected chi connectivity index (χ4v) is 5.08. The third-order valence-electron chi connectivity index (χ3n) is 5.42. The van der Waals surface area contributed by atoms with Gasteiger partial charge in [-0.25, -0.2) is 13.2 Å². The van der Waals surface area contributed by atoms with Gasteiger partial charge in [0.1, 0.15) is 0 Å². The van der Waals surface area contributed by atoms with Gasteiger partial charge in [0.15, 0.2) is 6.10 Å². The second-order valence-electron chi connectivity index (χ2n) is 8.14. The lowest BCUT2D eigenvalue weighted by Gasteiger charge is -2.20. The number of sulfonamides is 1. The molecule has 2 aromatic rings. The predicted octanol–water partition coefficient (Wildman–Crippen LogP) is 3.39. The third kappa shape index (κ3) is 6.64. The maximum absolute atomic E-state index is 12.9. The summed E-state index contributed by atoms with van der Waals surface area (Å²) < 4.78 is 32.5. The van der Waals surface area contributed by atoms with Gasteiger partial charge in [0.05, 0.1) is 10.5 Å². The van der Waals surface area contributed by atoms with E-state index in [9.17, 15) is 22.8 Å². The van der Waals surface area contributed by atoms with Crippen molar-refractivity contribution in [1.29, 1.82) is 0 Å². The van der Waals surface area contributed by atoms with Gasteiger partial charge in [-0.2, -0.15) is 4.31 Å². The van der Waals surface area contributed by atoms with E-state index in [-0.39, 0.29) is 16.4 Å². The van der Waals surface area contributed by atoms with Crippen LogP contribution < -0.4 is 10.6 Å². The van der Waals surface area contributed by atoms with Gasteiger partial charge < -0.3 is 15.4 Å². The second-order valence-corrected chi connectivity index (χ2v) is 10.1. The van der Waals surface area contributed by atoms with Crippen LogP contribution in [0.3, 0.4) is 0 Å². The van der Waals surface area contributed by atoms with Gasteiger partial charge in [-0.05, 0) is 68.3 Å². The molecule has 0 spiro atoms. The van der Waals surface area contributed by atoms with Gasteiger partial charge in [-0.3, -0.25) is 9.59 Å². The lowest BCUT2D eigenvalue weighted by Crippen LogP contribution is -2.32. The van der Waals surface area contributed by atoms with Crippen LogP contribution >= 0.6 is 0 Å². The number of hydrogen-bond donors (Lipinski definition) is 2. The molecule has 1 heterocycles. The molecule has 0 radical (unpaired) electrons. The fourth-order valence-electron chi connectivity index (χ4n) is 3.56. The first-order valence-corrected chi connectivity index (χ1v) is 12.6. The molecule has 182 valence electrons. The molecule has 0 bridgehead atoms. The minimum absolute atomic E-state index is 0.124. The molecular weight excluding hydrogens is 458 g/mol. The van der Waals surface area contributed by atoms with Gasteiger partial charge in [0.2, 0.25) is 15.9 Å². The van der Waals surface area contributed by atoms with Crippen LogP contribution in [0.1, 0.15) is 49.9 Å². The molecule has 2 aromatic carbocycles. The number of esters is 1. The van der Waals surface area contributed by atoms with Gasteiger partial charge in [0.25, 0.3) is 5.91 Å². The van der Waals surface area contributed by atoms with Crippen molar-refractivity contribution >= 4 is 39.2 Å². The van der Waals surface area contributed by atoms with Crippen LogP contribution in [0.25, 0.3) is 0 Å². The number of amides is 2. The van der Waals surface area contributed by atoms with Crippen molar-refractivity contribution < 1.29 is 27.5 Å². The summed E-state index contributed by atoms with van der Waals surface area (Å²) in [5, 5.41) is 5.26. The maximum atomic E-state index is 12.9. The molecule has 10 heteroatoms. The van der Waals surface area contributed by atoms with Crippen molar-refractivity contribution in [3.63, 3.8) is 0 Å². The van der Waals surface area contributed by atoms with Gasteiger partial charge in [-0.1, -0.05) is 12.8 Å². The molecule has 0 unspecified atom stereocenters. The Labute approximate surface area is 199 Å². The molecule has 1 fully saturated rings. The average molecular weight is 488 g/mol. The Bertz CT molecular complexity index is 1120. The van der Waals surface area contributed by atoms with E-state index in [0.717, 1.165) is 25.7 Å². The number of nitrogens with one attached hydrogen (secondary N) is 2. The number of carbonyl (C=O) groups is 3. The zero-order valence-electron chi connectivity index (χ0n) is 19.2. The number of carbonyl (C=O) groups excluding carboxylic acids is 3. The Hall–Kier alpha value is -3.24. The summed E-state index contributed by atoms with van der Waals surface area (Å²) in [5.41, 5.74) is 1.21. The molecule has 0 aromatic heterocycles. The summed E-state index contributed by atoms with van der Waals surface area (Å²) in [6, 6.07) is 12.0. The lowest BCUT2D eigenvalue weighted by atomic mass is 10.2. The Morgan fingerprint density at radius 2 is 1.38 bits per heavy atom. The van der Waals surface area contributed by atoms with Gasteiger partial charge in [0, 0.05) is 31.4 Å². The van der Waals surface area contributed by atoms with E-state index in [2.05, 4.69) is 10.6 Å². The Kier molecular flexibility index (Phi) is 8.41. The van der Waals surface area contributed by atoms with Crippen LogP contribution in [-0.4, -0.2) is 49.7 Å². The van der Waals surface area contributed by atoms with E-state index in [1.807, 2.05) is 0 Å². The van der Waals surface area contributed by atoms with E-state index in [4.69, 9.17) is 4.74 Å². The van der Waals surface area contributed by atoms with E-state index >= 15 is 0 Å². The van der Waals surface area contributed by atoms with Crippen LogP contribution in [-0.2, 0) is 24.3 Å². The molecule has 1 atom stereocenters. The Balaban J connectivity index is 1.58. The first kappa shape index (κ1) is 25.4. The van der Waals surface area contributed by atoms with Crippen LogP contribution in [0.4, 0.5) is 11.4 Å². The van der Waals surface area contributed by atoms with E-state index in [1.54, 1.807) is 24.3 Å². The molecule has 2 N–H and O–H groups in total. The molecular formula is C24H29N3O6S. The molecule has 9 nitrogen and oxygen atoms in total. The van der Waals surface area contributed by atoms with Gasteiger partial charge >= 0.3 is 5.97 Å². The first-order valence-electron chi connectivity index (χ1n) is 11.2. The highest BCUT2D eigenvalue weighted by Crippen LogP contribution is 2.21. The quantitative estimate of drug-likeness (QED) is 0.578. The van der Waals surface area contributed by atoms with Crippen molar-refractivity contribution in [2.45, 2.75) is 50.5 Å². The van der Waals surface area contributed by atoms with E-state index < -0.39 is 28.0 Å².